The highest BCUT2D eigenvalue weighted by molar-refractivity contribution is 7.89. The molecule has 0 spiro atoms. The van der Waals surface area contributed by atoms with E-state index in [2.05, 4.69) is 15.6 Å². The van der Waals surface area contributed by atoms with Gasteiger partial charge in [-0.05, 0) is 49.4 Å². The van der Waals surface area contributed by atoms with Gasteiger partial charge in [-0.15, -0.1) is 0 Å². The highest BCUT2D eigenvalue weighted by atomic mass is 32.2. The number of aromatic nitrogens is 2. The number of hydrogen-bond donors (Lipinski definition) is 4. The fraction of sp³-hybridized carbons (Fsp3) is 0.480. The number of benzene rings is 1. The van der Waals surface area contributed by atoms with E-state index < -0.39 is 40.0 Å². The fourth-order valence-electron chi connectivity index (χ4n) is 4.51. The zero-order chi connectivity index (χ0) is 27.6. The molecule has 2 aromatic heterocycles. The Morgan fingerprint density at radius 2 is 2.03 bits per heavy atom. The van der Waals surface area contributed by atoms with E-state index in [0.29, 0.717) is 30.2 Å². The van der Waals surface area contributed by atoms with Crippen molar-refractivity contribution in [1.82, 2.24) is 24.5 Å². The second kappa shape index (κ2) is 11.1. The fourth-order valence-corrected chi connectivity index (χ4v) is 5.97. The summed E-state index contributed by atoms with van der Waals surface area (Å²) in [5, 5.41) is 26.5. The van der Waals surface area contributed by atoms with E-state index in [4.69, 9.17) is 4.42 Å². The third kappa shape index (κ3) is 6.17. The number of carbonyl (C=O) groups excluding carboxylic acids is 2. The monoisotopic (exact) mass is 547 g/mol. The minimum atomic E-state index is -3.90. The van der Waals surface area contributed by atoms with E-state index in [1.54, 1.807) is 13.1 Å². The van der Waals surface area contributed by atoms with Crippen LogP contribution in [0.3, 0.4) is 0 Å². The normalized spacial score (nSPS) is 19.8. The Morgan fingerprint density at radius 1 is 1.26 bits per heavy atom. The molecule has 1 aliphatic rings. The van der Waals surface area contributed by atoms with Crippen molar-refractivity contribution < 1.29 is 32.6 Å². The smallest absolute Gasteiger partial charge is 0.287 e. The van der Waals surface area contributed by atoms with Gasteiger partial charge < -0.3 is 29.8 Å². The lowest BCUT2D eigenvalue weighted by atomic mass is 10.0. The van der Waals surface area contributed by atoms with Crippen LogP contribution >= 0.6 is 0 Å². The maximum absolute atomic E-state index is 13.2. The molecule has 1 fully saturated rings. The van der Waals surface area contributed by atoms with Gasteiger partial charge in [0.25, 0.3) is 15.9 Å². The van der Waals surface area contributed by atoms with Gasteiger partial charge >= 0.3 is 0 Å². The van der Waals surface area contributed by atoms with E-state index in [0.717, 1.165) is 0 Å². The number of rotatable bonds is 8. The second-order valence-electron chi connectivity index (χ2n) is 10.1. The first-order chi connectivity index (χ1) is 17.9. The molecule has 0 radical (unpaired) electrons. The molecule has 4 N–H and O–H groups in total. The van der Waals surface area contributed by atoms with E-state index in [1.807, 2.05) is 13.8 Å². The number of sulfonamides is 1. The topological polar surface area (TPSA) is 167 Å². The molecular formula is C25H33N5O7S. The molecule has 206 valence electrons. The molecule has 38 heavy (non-hydrogen) atoms. The number of carbonyl (C=O) groups is 2. The highest BCUT2D eigenvalue weighted by Crippen LogP contribution is 2.24. The molecule has 2 unspecified atom stereocenters. The Balaban J connectivity index is 1.44. The van der Waals surface area contributed by atoms with Gasteiger partial charge in [0, 0.05) is 31.7 Å². The molecule has 3 atom stereocenters. The van der Waals surface area contributed by atoms with Crippen LogP contribution in [0.5, 0.6) is 5.75 Å². The number of fused-ring (bicyclic) bond motifs is 1. The van der Waals surface area contributed by atoms with Crippen molar-refractivity contribution in [3.05, 3.63) is 42.5 Å². The Bertz CT molecular complexity index is 1410. The number of imidazole rings is 1. The zero-order valence-electron chi connectivity index (χ0n) is 21.5. The lowest BCUT2D eigenvalue weighted by Crippen LogP contribution is -2.54. The van der Waals surface area contributed by atoms with Crippen molar-refractivity contribution in [2.45, 2.75) is 56.3 Å². The summed E-state index contributed by atoms with van der Waals surface area (Å²) in [5.41, 5.74) is 0.421. The molecule has 0 bridgehead atoms. The average molecular weight is 548 g/mol. The molecule has 1 saturated heterocycles. The maximum Gasteiger partial charge on any atom is 0.287 e. The number of nitrogens with zero attached hydrogens (tertiary/aromatic N) is 3. The Hall–Kier alpha value is -3.42. The number of furan rings is 1. The first-order valence-corrected chi connectivity index (χ1v) is 13.9. The number of aliphatic hydroxyl groups excluding tert-OH is 1. The minimum absolute atomic E-state index is 0.00275. The van der Waals surface area contributed by atoms with Gasteiger partial charge in [0.1, 0.15) is 17.4 Å². The molecule has 12 nitrogen and oxygen atoms in total. The summed E-state index contributed by atoms with van der Waals surface area (Å²) in [4.78, 5) is 30.1. The Morgan fingerprint density at radius 3 is 2.71 bits per heavy atom. The lowest BCUT2D eigenvalue weighted by Gasteiger charge is -2.27. The molecule has 0 aliphatic carbocycles. The highest BCUT2D eigenvalue weighted by Gasteiger charge is 2.35. The summed E-state index contributed by atoms with van der Waals surface area (Å²) in [6.07, 6.45) is 2.75. The SMILES string of the molecule is CC(C)CC(NC(=O)c1cc2cc(O)ccc2o1)C(=O)NC1CCCN(S(=O)(=O)c2cn(C)cn2)C[C@@H]1O. The van der Waals surface area contributed by atoms with Gasteiger partial charge in [-0.3, -0.25) is 9.59 Å². The molecule has 3 aromatic rings. The molecule has 4 rings (SSSR count). The van der Waals surface area contributed by atoms with Gasteiger partial charge in [-0.2, -0.15) is 4.31 Å². The van der Waals surface area contributed by atoms with E-state index >= 15 is 0 Å². The molecule has 13 heteroatoms. The molecule has 2 amide bonds. The Labute approximate surface area is 220 Å². The van der Waals surface area contributed by atoms with Crippen LogP contribution in [0.15, 0.2) is 46.2 Å². The van der Waals surface area contributed by atoms with Gasteiger partial charge in [-0.25, -0.2) is 13.4 Å². The van der Waals surface area contributed by atoms with Gasteiger partial charge in [0.05, 0.1) is 18.5 Å². The number of phenolic OH excluding ortho intramolecular Hbond substituents is 1. The Kier molecular flexibility index (Phi) is 8.09. The number of amides is 2. The van der Waals surface area contributed by atoms with E-state index in [1.165, 1.54) is 39.6 Å². The van der Waals surface area contributed by atoms with Crippen LogP contribution in [0.4, 0.5) is 0 Å². The van der Waals surface area contributed by atoms with Crippen LogP contribution in [-0.4, -0.2) is 75.6 Å². The number of aryl methyl sites for hydroxylation is 1. The minimum Gasteiger partial charge on any atom is -0.508 e. The molecule has 0 saturated carbocycles. The first kappa shape index (κ1) is 27.6. The largest absolute Gasteiger partial charge is 0.508 e. The van der Waals surface area contributed by atoms with Crippen molar-refractivity contribution >= 4 is 32.8 Å². The third-order valence-electron chi connectivity index (χ3n) is 6.44. The number of aromatic hydroxyl groups is 1. The third-order valence-corrected chi connectivity index (χ3v) is 8.19. The predicted molar refractivity (Wildman–Crippen MR) is 138 cm³/mol. The molecule has 3 heterocycles. The van der Waals surface area contributed by atoms with Crippen LogP contribution < -0.4 is 10.6 Å². The quantitative estimate of drug-likeness (QED) is 0.328. The van der Waals surface area contributed by atoms with Gasteiger partial charge in [0.15, 0.2) is 10.8 Å². The van der Waals surface area contributed by atoms with Crippen LogP contribution in [0, 0.1) is 5.92 Å². The number of nitrogens with one attached hydrogen (secondary N) is 2. The van der Waals surface area contributed by atoms with Crippen molar-refractivity contribution in [2.24, 2.45) is 13.0 Å². The summed E-state index contributed by atoms with van der Waals surface area (Å²) >= 11 is 0. The van der Waals surface area contributed by atoms with Crippen molar-refractivity contribution in [2.75, 3.05) is 13.1 Å². The lowest BCUT2D eigenvalue weighted by molar-refractivity contribution is -0.125. The number of aliphatic hydroxyl groups is 1. The van der Waals surface area contributed by atoms with Crippen LogP contribution in [0.1, 0.15) is 43.7 Å². The summed E-state index contributed by atoms with van der Waals surface area (Å²) in [7, 11) is -2.23. The van der Waals surface area contributed by atoms with Crippen molar-refractivity contribution in [3.63, 3.8) is 0 Å². The summed E-state index contributed by atoms with van der Waals surface area (Å²) in [5.74, 6) is -0.967. The van der Waals surface area contributed by atoms with Crippen molar-refractivity contribution in [1.29, 1.82) is 0 Å². The molecule has 1 aliphatic heterocycles. The summed E-state index contributed by atoms with van der Waals surface area (Å²) in [6.45, 7) is 3.81. The summed E-state index contributed by atoms with van der Waals surface area (Å²) < 4.78 is 34.2. The zero-order valence-corrected chi connectivity index (χ0v) is 22.3. The average Bonchev–Trinajstić information content (AvgIpc) is 3.43. The number of hydrogen-bond acceptors (Lipinski definition) is 8. The number of β-amino-alcohol motifs (C(OH)–C–C–N with tert-alkyl or cyclic N) is 1. The van der Waals surface area contributed by atoms with Crippen LogP contribution in [-0.2, 0) is 21.9 Å². The predicted octanol–water partition coefficient (Wildman–Crippen LogP) is 1.35. The van der Waals surface area contributed by atoms with Crippen LogP contribution in [0.2, 0.25) is 0 Å². The second-order valence-corrected chi connectivity index (χ2v) is 11.9. The molecular weight excluding hydrogens is 514 g/mol. The summed E-state index contributed by atoms with van der Waals surface area (Å²) in [6, 6.07) is 4.34. The van der Waals surface area contributed by atoms with Gasteiger partial charge in [0.2, 0.25) is 5.91 Å². The van der Waals surface area contributed by atoms with E-state index in [-0.39, 0.29) is 35.5 Å². The molecule has 1 aromatic carbocycles. The first-order valence-electron chi connectivity index (χ1n) is 12.4. The van der Waals surface area contributed by atoms with Crippen LogP contribution in [0.25, 0.3) is 11.0 Å². The van der Waals surface area contributed by atoms with E-state index in [9.17, 15) is 28.2 Å². The standard InChI is InChI=1S/C25H33N5O7S/c1-15(2)9-19(28-25(34)22-11-16-10-17(31)6-7-21(16)37-22)24(33)27-18-5-4-8-30(12-20(18)32)38(35,36)23-13-29(3)14-26-23/h6-7,10-11,13-15,18-20,31-32H,4-5,8-9,12H2,1-3H3,(H,27,33)(H,28,34)/t18?,19?,20-/m0/s1. The number of phenols is 1. The van der Waals surface area contributed by atoms with Crippen molar-refractivity contribution in [3.8, 4) is 5.75 Å². The van der Waals surface area contributed by atoms with Gasteiger partial charge in [-0.1, -0.05) is 13.8 Å². The maximum atomic E-state index is 13.2.